The smallest absolute Gasteiger partial charge is 0.341 e. The number of fused-ring (bicyclic) bond motifs is 1. The molecule has 0 spiro atoms. The molecule has 2 aliphatic heterocycles. The minimum atomic E-state index is -1.21. The Labute approximate surface area is 199 Å². The molecule has 4 rings (SSSR count). The van der Waals surface area contributed by atoms with Crippen LogP contribution in [-0.4, -0.2) is 53.5 Å². The Bertz CT molecular complexity index is 1300. The third-order valence-corrected chi connectivity index (χ3v) is 6.86. The van der Waals surface area contributed by atoms with Gasteiger partial charge in [-0.15, -0.1) is 0 Å². The van der Waals surface area contributed by atoms with Crippen molar-refractivity contribution in [3.8, 4) is 5.75 Å². The third-order valence-electron chi connectivity index (χ3n) is 6.86. The molecule has 7 nitrogen and oxygen atoms in total. The van der Waals surface area contributed by atoms with Gasteiger partial charge in [0.25, 0.3) is 0 Å². The Hall–Kier alpha value is -3.06. The van der Waals surface area contributed by atoms with Crippen LogP contribution in [0, 0.1) is 5.41 Å². The first-order valence-electron chi connectivity index (χ1n) is 11.8. The van der Waals surface area contributed by atoms with E-state index in [-0.39, 0.29) is 23.1 Å². The van der Waals surface area contributed by atoms with Gasteiger partial charge in [0.1, 0.15) is 17.4 Å². The number of aromatic carboxylic acids is 1. The van der Waals surface area contributed by atoms with Gasteiger partial charge < -0.3 is 24.0 Å². The van der Waals surface area contributed by atoms with Gasteiger partial charge in [-0.25, -0.2) is 4.79 Å². The zero-order valence-electron chi connectivity index (χ0n) is 20.8. The maximum Gasteiger partial charge on any atom is 0.341 e. The molecule has 0 radical (unpaired) electrons. The second-order valence-corrected chi connectivity index (χ2v) is 10.3. The zero-order chi connectivity index (χ0) is 24.8. The lowest BCUT2D eigenvalue weighted by Crippen LogP contribution is -2.46. The van der Waals surface area contributed by atoms with Crippen molar-refractivity contribution >= 4 is 17.2 Å². The van der Waals surface area contributed by atoms with Crippen LogP contribution in [0.1, 0.15) is 63.1 Å². The van der Waals surface area contributed by atoms with Crippen LogP contribution in [0.15, 0.2) is 35.3 Å². The zero-order valence-corrected chi connectivity index (χ0v) is 20.8. The fourth-order valence-corrected chi connectivity index (χ4v) is 4.73. The number of carbonyl (C=O) groups is 1. The standard InChI is InChI=1S/C27H34N2O5/c1-7-16(2)24-18(9-8-10-22(24)34-17-14-33-15-17)25-20-11-21(30)19(26(31)32)12-29(20)23(13-28(25)6)27(3,4)5/h8-12,17,23H,7,13-15H2,1-6H3,(H,31,32)/b24-16+,25-18-. The fourth-order valence-electron chi connectivity index (χ4n) is 4.73. The number of benzene rings is 1. The Morgan fingerprint density at radius 2 is 1.97 bits per heavy atom. The molecule has 1 aromatic heterocycles. The van der Waals surface area contributed by atoms with E-state index >= 15 is 0 Å². The Kier molecular flexibility index (Phi) is 6.34. The van der Waals surface area contributed by atoms with Gasteiger partial charge in [0.05, 0.1) is 30.6 Å². The van der Waals surface area contributed by atoms with Crippen molar-refractivity contribution in [3.05, 3.63) is 62.4 Å². The average Bonchev–Trinajstić information content (AvgIpc) is 2.73. The molecule has 0 bridgehead atoms. The molecule has 34 heavy (non-hydrogen) atoms. The van der Waals surface area contributed by atoms with E-state index in [1.165, 1.54) is 17.8 Å². The lowest BCUT2D eigenvalue weighted by molar-refractivity contribution is -0.0800. The molecule has 7 heteroatoms. The average molecular weight is 467 g/mol. The van der Waals surface area contributed by atoms with Crippen molar-refractivity contribution in [2.45, 2.75) is 53.2 Å². The van der Waals surface area contributed by atoms with Gasteiger partial charge in [0.2, 0.25) is 0 Å². The van der Waals surface area contributed by atoms with Crippen LogP contribution in [-0.2, 0) is 4.74 Å². The number of hydrogen-bond acceptors (Lipinski definition) is 5. The summed E-state index contributed by atoms with van der Waals surface area (Å²) in [7, 11) is 2.03. The van der Waals surface area contributed by atoms with Gasteiger partial charge in [-0.3, -0.25) is 4.79 Å². The number of hydrogen-bond donors (Lipinski definition) is 1. The van der Waals surface area contributed by atoms with Crippen LogP contribution in [0.25, 0.3) is 11.3 Å². The second-order valence-electron chi connectivity index (χ2n) is 10.3. The summed E-state index contributed by atoms with van der Waals surface area (Å²) in [6.07, 6.45) is 2.40. The molecule has 0 amide bonds. The van der Waals surface area contributed by atoms with E-state index in [9.17, 15) is 14.7 Å². The number of pyridine rings is 1. The number of rotatable bonds is 4. The molecule has 1 N–H and O–H groups in total. The lowest BCUT2D eigenvalue weighted by atomic mass is 9.84. The van der Waals surface area contributed by atoms with E-state index < -0.39 is 11.4 Å². The first-order chi connectivity index (χ1) is 16.0. The molecule has 0 aliphatic carbocycles. The normalized spacial score (nSPS) is 21.0. The van der Waals surface area contributed by atoms with E-state index in [0.29, 0.717) is 19.8 Å². The van der Waals surface area contributed by atoms with E-state index in [1.54, 1.807) is 0 Å². The molecular formula is C27H34N2O5. The molecule has 2 aromatic rings. The van der Waals surface area contributed by atoms with E-state index in [2.05, 4.69) is 45.6 Å². The predicted molar refractivity (Wildman–Crippen MR) is 132 cm³/mol. The number of aromatic nitrogens is 1. The van der Waals surface area contributed by atoms with Crippen molar-refractivity contribution in [2.75, 3.05) is 26.8 Å². The van der Waals surface area contributed by atoms with Crippen molar-refractivity contribution in [3.63, 3.8) is 0 Å². The second kappa shape index (κ2) is 8.95. The summed E-state index contributed by atoms with van der Waals surface area (Å²) in [6.45, 7) is 12.5. The minimum absolute atomic E-state index is 0.0128. The summed E-state index contributed by atoms with van der Waals surface area (Å²) in [5.41, 5.74) is 1.95. The minimum Gasteiger partial charge on any atom is -0.485 e. The Morgan fingerprint density at radius 1 is 1.26 bits per heavy atom. The maximum atomic E-state index is 12.8. The molecule has 3 heterocycles. The van der Waals surface area contributed by atoms with Crippen molar-refractivity contribution in [1.82, 2.24) is 9.47 Å². The summed E-state index contributed by atoms with van der Waals surface area (Å²) in [5, 5.41) is 11.6. The topological polar surface area (TPSA) is 81.0 Å². The molecule has 1 fully saturated rings. The summed E-state index contributed by atoms with van der Waals surface area (Å²) < 4.78 is 13.6. The summed E-state index contributed by atoms with van der Waals surface area (Å²) in [4.78, 5) is 26.8. The summed E-state index contributed by atoms with van der Waals surface area (Å²) >= 11 is 0. The first-order valence-corrected chi connectivity index (χ1v) is 11.8. The van der Waals surface area contributed by atoms with Crippen LogP contribution >= 0.6 is 0 Å². The Morgan fingerprint density at radius 3 is 2.53 bits per heavy atom. The fraction of sp³-hybridized carbons (Fsp3) is 0.481. The predicted octanol–water partition coefficient (Wildman–Crippen LogP) is 2.59. The highest BCUT2D eigenvalue weighted by molar-refractivity contribution is 5.87. The molecule has 1 atom stereocenters. The monoisotopic (exact) mass is 466 g/mol. The largest absolute Gasteiger partial charge is 0.485 e. The highest BCUT2D eigenvalue weighted by atomic mass is 16.6. The van der Waals surface area contributed by atoms with Crippen LogP contribution < -0.4 is 20.6 Å². The lowest BCUT2D eigenvalue weighted by Gasteiger charge is -2.43. The first kappa shape index (κ1) is 24.1. The van der Waals surface area contributed by atoms with Gasteiger partial charge in [-0.1, -0.05) is 45.4 Å². The SMILES string of the molecule is CC/C(C)=c1/c(OC2COC2)ccc/c1=C1\c2cc(=O)c(C(=O)O)cn2C(C(C)(C)C)CN1C. The number of carboxylic acids is 1. The van der Waals surface area contributed by atoms with E-state index in [4.69, 9.17) is 9.47 Å². The highest BCUT2D eigenvalue weighted by Gasteiger charge is 2.35. The number of likely N-dealkylation sites (N-methyl/N-ethyl adjacent to an activating group) is 1. The quantitative estimate of drug-likeness (QED) is 0.746. The van der Waals surface area contributed by atoms with E-state index in [1.807, 2.05) is 23.7 Å². The van der Waals surface area contributed by atoms with Crippen LogP contribution in [0.4, 0.5) is 0 Å². The van der Waals surface area contributed by atoms with Crippen molar-refractivity contribution in [2.24, 2.45) is 5.41 Å². The van der Waals surface area contributed by atoms with Gasteiger partial charge in [-0.05, 0) is 24.8 Å². The highest BCUT2D eigenvalue weighted by Crippen LogP contribution is 2.37. The van der Waals surface area contributed by atoms with Crippen molar-refractivity contribution in [1.29, 1.82) is 0 Å². The molecule has 182 valence electrons. The van der Waals surface area contributed by atoms with E-state index in [0.717, 1.165) is 34.0 Å². The number of nitrogens with zero attached hydrogens (tertiary/aromatic N) is 2. The molecular weight excluding hydrogens is 432 g/mol. The van der Waals surface area contributed by atoms with Gasteiger partial charge in [0.15, 0.2) is 5.43 Å². The summed E-state index contributed by atoms with van der Waals surface area (Å²) in [5.74, 6) is -0.401. The van der Waals surface area contributed by atoms with Crippen LogP contribution in [0.2, 0.25) is 0 Å². The molecule has 1 aromatic carbocycles. The molecule has 0 saturated carbocycles. The molecule has 2 aliphatic rings. The summed E-state index contributed by atoms with van der Waals surface area (Å²) in [6, 6.07) is 7.48. The van der Waals surface area contributed by atoms with Crippen LogP contribution in [0.3, 0.4) is 0 Å². The van der Waals surface area contributed by atoms with Gasteiger partial charge in [0, 0.05) is 36.3 Å². The molecule has 1 saturated heterocycles. The Balaban J connectivity index is 2.10. The van der Waals surface area contributed by atoms with Crippen molar-refractivity contribution < 1.29 is 19.4 Å². The van der Waals surface area contributed by atoms with Gasteiger partial charge in [-0.2, -0.15) is 0 Å². The number of carboxylic acid groups (broad SMARTS) is 1. The maximum absolute atomic E-state index is 12.8. The number of ether oxygens (including phenoxy) is 2. The molecule has 1 unspecified atom stereocenters. The van der Waals surface area contributed by atoms with Gasteiger partial charge >= 0.3 is 5.97 Å². The third kappa shape index (κ3) is 4.25. The van der Waals surface area contributed by atoms with Crippen LogP contribution in [0.5, 0.6) is 5.75 Å².